The van der Waals surface area contributed by atoms with Gasteiger partial charge in [0.15, 0.2) is 9.84 Å². The monoisotopic (exact) mass is 378 g/mol. The van der Waals surface area contributed by atoms with Gasteiger partial charge >= 0.3 is 0 Å². The normalized spacial score (nSPS) is 23.0. The Balaban J connectivity index is 1.59. The Labute approximate surface area is 152 Å². The summed E-state index contributed by atoms with van der Waals surface area (Å²) in [6, 6.07) is 5.97. The second-order valence-corrected chi connectivity index (χ2v) is 8.94. The van der Waals surface area contributed by atoms with Gasteiger partial charge in [-0.25, -0.2) is 8.42 Å². The highest BCUT2D eigenvalue weighted by molar-refractivity contribution is 7.90. The van der Waals surface area contributed by atoms with Crippen LogP contribution < -0.4 is 5.32 Å². The minimum absolute atomic E-state index is 0.0139. The van der Waals surface area contributed by atoms with Crippen molar-refractivity contribution in [3.8, 4) is 0 Å². The van der Waals surface area contributed by atoms with Crippen LogP contribution in [0.1, 0.15) is 32.1 Å². The van der Waals surface area contributed by atoms with Crippen molar-refractivity contribution in [1.82, 2.24) is 4.90 Å². The Morgan fingerprint density at radius 2 is 1.77 bits per heavy atom. The molecule has 8 heteroatoms. The first-order valence-corrected chi connectivity index (χ1v) is 10.6. The number of fused-ring (bicyclic) bond motifs is 1. The van der Waals surface area contributed by atoms with E-state index in [0.29, 0.717) is 5.69 Å². The number of nitrogens with zero attached hydrogens (tertiary/aromatic N) is 1. The summed E-state index contributed by atoms with van der Waals surface area (Å²) in [4.78, 5) is 38.2. The third kappa shape index (κ3) is 3.80. The number of rotatable bonds is 5. The number of amides is 3. The summed E-state index contributed by atoms with van der Waals surface area (Å²) in [5, 5.41) is 2.62. The second-order valence-electron chi connectivity index (χ2n) is 6.92. The van der Waals surface area contributed by atoms with Gasteiger partial charge in [-0.3, -0.25) is 19.3 Å². The van der Waals surface area contributed by atoms with Crippen molar-refractivity contribution in [2.75, 3.05) is 18.1 Å². The largest absolute Gasteiger partial charge is 0.326 e. The molecule has 1 aromatic carbocycles. The lowest BCUT2D eigenvalue weighted by molar-refractivity contribution is -0.140. The van der Waals surface area contributed by atoms with E-state index in [2.05, 4.69) is 5.32 Å². The first kappa shape index (κ1) is 18.6. The van der Waals surface area contributed by atoms with Gasteiger partial charge in [0.1, 0.15) is 0 Å². The number of carbonyl (C=O) groups is 3. The smallest absolute Gasteiger partial charge is 0.233 e. The predicted octanol–water partition coefficient (Wildman–Crippen LogP) is 1.59. The summed E-state index contributed by atoms with van der Waals surface area (Å²) < 4.78 is 23.1. The van der Waals surface area contributed by atoms with E-state index in [1.165, 1.54) is 17.0 Å². The molecular formula is C18H22N2O5S. The first-order chi connectivity index (χ1) is 12.3. The van der Waals surface area contributed by atoms with E-state index in [-0.39, 0.29) is 47.4 Å². The maximum atomic E-state index is 12.4. The molecule has 0 bridgehead atoms. The third-order valence-corrected chi connectivity index (χ3v) is 6.15. The van der Waals surface area contributed by atoms with E-state index in [4.69, 9.17) is 0 Å². The van der Waals surface area contributed by atoms with E-state index in [1.54, 1.807) is 12.1 Å². The number of likely N-dealkylation sites (tertiary alicyclic amines) is 1. The molecule has 1 saturated heterocycles. The van der Waals surface area contributed by atoms with Crippen LogP contribution in [-0.4, -0.2) is 43.8 Å². The SMILES string of the molecule is CS(=O)(=O)c1cccc(NC(=O)CCN2C(=O)[C@H]3CCCC[C@@H]3C2=O)c1. The fourth-order valence-corrected chi connectivity index (χ4v) is 4.36. The summed E-state index contributed by atoms with van der Waals surface area (Å²) in [5.41, 5.74) is 0.366. The molecule has 1 aromatic rings. The molecule has 2 aliphatic rings. The molecule has 0 radical (unpaired) electrons. The fraction of sp³-hybridized carbons (Fsp3) is 0.500. The number of anilines is 1. The van der Waals surface area contributed by atoms with Crippen molar-refractivity contribution in [2.24, 2.45) is 11.8 Å². The second kappa shape index (κ2) is 7.19. The van der Waals surface area contributed by atoms with Crippen LogP contribution in [0.15, 0.2) is 29.2 Å². The van der Waals surface area contributed by atoms with Crippen LogP contribution in [0.2, 0.25) is 0 Å². The van der Waals surface area contributed by atoms with E-state index in [0.717, 1.165) is 31.9 Å². The van der Waals surface area contributed by atoms with Gasteiger partial charge in [0.25, 0.3) is 0 Å². The topological polar surface area (TPSA) is 101 Å². The maximum Gasteiger partial charge on any atom is 0.233 e. The van der Waals surface area contributed by atoms with Gasteiger partial charge in [-0.15, -0.1) is 0 Å². The molecule has 2 atom stereocenters. The average molecular weight is 378 g/mol. The van der Waals surface area contributed by atoms with Gasteiger partial charge < -0.3 is 5.32 Å². The highest BCUT2D eigenvalue weighted by atomic mass is 32.2. The Bertz CT molecular complexity index is 825. The van der Waals surface area contributed by atoms with Gasteiger partial charge in [-0.05, 0) is 31.0 Å². The van der Waals surface area contributed by atoms with Crippen molar-refractivity contribution in [1.29, 1.82) is 0 Å². The molecule has 1 aliphatic heterocycles. The Kier molecular flexibility index (Phi) is 5.13. The van der Waals surface area contributed by atoms with Gasteiger partial charge in [0, 0.05) is 24.9 Å². The number of hydrogen-bond donors (Lipinski definition) is 1. The number of sulfone groups is 1. The van der Waals surface area contributed by atoms with Crippen LogP contribution in [-0.2, 0) is 24.2 Å². The van der Waals surface area contributed by atoms with E-state index in [9.17, 15) is 22.8 Å². The minimum atomic E-state index is -3.36. The molecule has 0 spiro atoms. The van der Waals surface area contributed by atoms with Crippen molar-refractivity contribution in [2.45, 2.75) is 37.0 Å². The van der Waals surface area contributed by atoms with Crippen molar-refractivity contribution < 1.29 is 22.8 Å². The summed E-state index contributed by atoms with van der Waals surface area (Å²) in [7, 11) is -3.36. The number of carbonyl (C=O) groups excluding carboxylic acids is 3. The predicted molar refractivity (Wildman–Crippen MR) is 95.0 cm³/mol. The number of hydrogen-bond acceptors (Lipinski definition) is 5. The van der Waals surface area contributed by atoms with E-state index in [1.807, 2.05) is 0 Å². The van der Waals surface area contributed by atoms with Crippen molar-refractivity contribution >= 4 is 33.2 Å². The highest BCUT2D eigenvalue weighted by Crippen LogP contribution is 2.37. The van der Waals surface area contributed by atoms with E-state index >= 15 is 0 Å². The third-order valence-electron chi connectivity index (χ3n) is 5.04. The van der Waals surface area contributed by atoms with Crippen LogP contribution in [0.4, 0.5) is 5.69 Å². The summed E-state index contributed by atoms with van der Waals surface area (Å²) >= 11 is 0. The maximum absolute atomic E-state index is 12.4. The molecule has 1 saturated carbocycles. The zero-order valence-electron chi connectivity index (χ0n) is 14.6. The summed E-state index contributed by atoms with van der Waals surface area (Å²) in [6.45, 7) is 0.0578. The van der Waals surface area contributed by atoms with Gasteiger partial charge in [-0.2, -0.15) is 0 Å². The fourth-order valence-electron chi connectivity index (χ4n) is 3.69. The first-order valence-electron chi connectivity index (χ1n) is 8.72. The lowest BCUT2D eigenvalue weighted by Crippen LogP contribution is -2.34. The summed E-state index contributed by atoms with van der Waals surface area (Å²) in [6.07, 6.45) is 4.50. The molecule has 0 unspecified atom stereocenters. The molecule has 7 nitrogen and oxygen atoms in total. The summed E-state index contributed by atoms with van der Waals surface area (Å²) in [5.74, 6) is -1.12. The minimum Gasteiger partial charge on any atom is -0.326 e. The molecular weight excluding hydrogens is 356 g/mol. The molecule has 1 N–H and O–H groups in total. The molecule has 2 fully saturated rings. The van der Waals surface area contributed by atoms with Gasteiger partial charge in [0.05, 0.1) is 16.7 Å². The standard InChI is InChI=1S/C18H22N2O5S/c1-26(24,25)13-6-4-5-12(11-13)19-16(21)9-10-20-17(22)14-7-2-3-8-15(14)18(20)23/h4-6,11,14-15H,2-3,7-10H2,1H3,(H,19,21)/t14-,15-/m0/s1. The zero-order chi connectivity index (χ0) is 18.9. The van der Waals surface area contributed by atoms with Crippen molar-refractivity contribution in [3.05, 3.63) is 24.3 Å². The van der Waals surface area contributed by atoms with Crippen LogP contribution in [0.5, 0.6) is 0 Å². The lowest BCUT2D eigenvalue weighted by Gasteiger charge is -2.19. The van der Waals surface area contributed by atoms with Crippen LogP contribution in [0.25, 0.3) is 0 Å². The Hall–Kier alpha value is -2.22. The highest BCUT2D eigenvalue weighted by Gasteiger charge is 2.47. The molecule has 1 heterocycles. The lowest BCUT2D eigenvalue weighted by atomic mass is 9.81. The molecule has 140 valence electrons. The number of benzene rings is 1. The molecule has 26 heavy (non-hydrogen) atoms. The van der Waals surface area contributed by atoms with Crippen LogP contribution in [0, 0.1) is 11.8 Å². The molecule has 1 aliphatic carbocycles. The van der Waals surface area contributed by atoms with Crippen molar-refractivity contribution in [3.63, 3.8) is 0 Å². The number of imide groups is 1. The Morgan fingerprint density at radius 3 is 2.35 bits per heavy atom. The average Bonchev–Trinajstić information content (AvgIpc) is 2.84. The quantitative estimate of drug-likeness (QED) is 0.784. The molecule has 3 amide bonds. The van der Waals surface area contributed by atoms with Gasteiger partial charge in [-0.1, -0.05) is 18.9 Å². The Morgan fingerprint density at radius 1 is 1.15 bits per heavy atom. The molecule has 3 rings (SSSR count). The number of nitrogens with one attached hydrogen (secondary N) is 1. The molecule has 0 aromatic heterocycles. The van der Waals surface area contributed by atoms with Crippen LogP contribution >= 0.6 is 0 Å². The zero-order valence-corrected chi connectivity index (χ0v) is 15.4. The van der Waals surface area contributed by atoms with Gasteiger partial charge in [0.2, 0.25) is 17.7 Å². The van der Waals surface area contributed by atoms with Crippen LogP contribution in [0.3, 0.4) is 0 Å². The van der Waals surface area contributed by atoms with E-state index < -0.39 is 9.84 Å².